The van der Waals surface area contributed by atoms with E-state index in [-0.39, 0.29) is 45.1 Å². The van der Waals surface area contributed by atoms with Gasteiger partial charge in [0.1, 0.15) is 6.10 Å². The highest BCUT2D eigenvalue weighted by Gasteiger charge is 2.69. The molecule has 0 aromatic carbocycles. The molecule has 214 valence electrons. The van der Waals surface area contributed by atoms with Crippen LogP contribution in [-0.2, 0) is 19.1 Å². The molecule has 0 aromatic heterocycles. The van der Waals surface area contributed by atoms with Gasteiger partial charge in [0.05, 0.1) is 6.61 Å². The fourth-order valence-corrected chi connectivity index (χ4v) is 11.5. The smallest absolute Gasteiger partial charge is 0.302 e. The Morgan fingerprint density at radius 2 is 1.58 bits per heavy atom. The Balaban J connectivity index is 1.54. The Labute approximate surface area is 232 Å². The number of allylic oxidation sites excluding steroid dienone is 2. The number of carbonyl (C=O) groups is 2. The van der Waals surface area contributed by atoms with E-state index in [2.05, 4.69) is 54.5 Å². The lowest BCUT2D eigenvalue weighted by Crippen LogP contribution is -2.65. The average molecular weight is 527 g/mol. The molecule has 0 heterocycles. The highest BCUT2D eigenvalue weighted by atomic mass is 16.5. The summed E-state index contributed by atoms with van der Waals surface area (Å²) in [5.74, 6) is 2.73. The molecule has 0 bridgehead atoms. The first-order chi connectivity index (χ1) is 17.6. The number of hydrogen-bond acceptors (Lipinski definition) is 4. The summed E-state index contributed by atoms with van der Waals surface area (Å²) in [6, 6.07) is 0. The zero-order valence-electron chi connectivity index (χ0n) is 25.7. The second-order valence-corrected chi connectivity index (χ2v) is 15.7. The van der Waals surface area contributed by atoms with E-state index in [1.807, 2.05) is 0 Å². The van der Waals surface area contributed by atoms with Gasteiger partial charge >= 0.3 is 11.9 Å². The van der Waals surface area contributed by atoms with E-state index in [9.17, 15) is 9.59 Å². The lowest BCUT2D eigenvalue weighted by Gasteiger charge is -2.71. The molecule has 4 heteroatoms. The van der Waals surface area contributed by atoms with Gasteiger partial charge in [-0.05, 0) is 104 Å². The van der Waals surface area contributed by atoms with Crippen LogP contribution in [0.2, 0.25) is 0 Å². The topological polar surface area (TPSA) is 52.6 Å². The molecule has 0 spiro atoms. The van der Waals surface area contributed by atoms with Crippen LogP contribution in [0.4, 0.5) is 0 Å². The van der Waals surface area contributed by atoms with Crippen LogP contribution in [0.5, 0.6) is 0 Å². The summed E-state index contributed by atoms with van der Waals surface area (Å²) in [7, 11) is 0. The summed E-state index contributed by atoms with van der Waals surface area (Å²) in [6.07, 6.45) is 13.2. The minimum atomic E-state index is -0.139. The van der Waals surface area contributed by atoms with Gasteiger partial charge in [-0.1, -0.05) is 60.1 Å². The van der Waals surface area contributed by atoms with E-state index >= 15 is 0 Å². The van der Waals surface area contributed by atoms with Crippen molar-refractivity contribution in [2.75, 3.05) is 6.61 Å². The van der Waals surface area contributed by atoms with Gasteiger partial charge < -0.3 is 9.47 Å². The van der Waals surface area contributed by atoms with Gasteiger partial charge in [0.2, 0.25) is 0 Å². The third-order valence-electron chi connectivity index (χ3n) is 14.0. The highest BCUT2D eigenvalue weighted by molar-refractivity contribution is 5.66. The quantitative estimate of drug-likeness (QED) is 0.275. The Hall–Kier alpha value is -1.32. The highest BCUT2D eigenvalue weighted by Crippen LogP contribution is 2.75. The third-order valence-corrected chi connectivity index (χ3v) is 14.0. The van der Waals surface area contributed by atoms with Crippen LogP contribution in [0.25, 0.3) is 0 Å². The first-order valence-corrected chi connectivity index (χ1v) is 15.6. The summed E-state index contributed by atoms with van der Waals surface area (Å²) < 4.78 is 11.7. The minimum absolute atomic E-state index is 0.00996. The van der Waals surface area contributed by atoms with Crippen molar-refractivity contribution in [1.82, 2.24) is 0 Å². The van der Waals surface area contributed by atoms with Crippen molar-refractivity contribution in [1.29, 1.82) is 0 Å². The molecule has 0 amide bonds. The Morgan fingerprint density at radius 3 is 2.24 bits per heavy atom. The van der Waals surface area contributed by atoms with Crippen molar-refractivity contribution in [3.8, 4) is 0 Å². The van der Waals surface area contributed by atoms with Crippen LogP contribution in [0.1, 0.15) is 120 Å². The van der Waals surface area contributed by atoms with Crippen molar-refractivity contribution < 1.29 is 19.1 Å². The van der Waals surface area contributed by atoms with Gasteiger partial charge in [0.15, 0.2) is 0 Å². The normalized spacial score (nSPS) is 49.3. The third kappa shape index (κ3) is 3.80. The standard InChI is InChI=1S/C34H54O4/c1-21-12-17-34(20-37-23(3)35)19-18-32(8)25(29(34)22(21)2)10-11-27-31(7)15-14-28(38-24(4)36)30(5,6)26(31)13-16-33(27,32)9/h10,21-22,26-29H,11-20H2,1-9H3/t21-,22+,26+,27-,28+,29?,31+,32-,33-,34?/m1/s1. The number of hydrogen-bond donors (Lipinski definition) is 0. The van der Waals surface area contributed by atoms with E-state index in [1.165, 1.54) is 32.1 Å². The zero-order valence-corrected chi connectivity index (χ0v) is 25.7. The SMILES string of the molecule is CC(=O)OCC12CC[C@@H](C)[C@H](C)C1C1=CC[C@@H]3[C@@]4(C)CC[C@H](OC(C)=O)C(C)(C)[C@@H]4CC[C@@]3(C)[C@]1(C)CC2. The van der Waals surface area contributed by atoms with Gasteiger partial charge in [-0.15, -0.1) is 0 Å². The molecule has 0 N–H and O–H groups in total. The monoisotopic (exact) mass is 526 g/mol. The predicted octanol–water partition coefficient (Wildman–Crippen LogP) is 8.14. The number of fused-ring (bicyclic) bond motifs is 7. The predicted molar refractivity (Wildman–Crippen MR) is 151 cm³/mol. The molecule has 4 fully saturated rings. The van der Waals surface area contributed by atoms with Gasteiger partial charge in [0, 0.05) is 24.7 Å². The van der Waals surface area contributed by atoms with Crippen LogP contribution >= 0.6 is 0 Å². The maximum atomic E-state index is 11.9. The Morgan fingerprint density at radius 1 is 0.868 bits per heavy atom. The summed E-state index contributed by atoms with van der Waals surface area (Å²) in [4.78, 5) is 23.9. The Bertz CT molecular complexity index is 1010. The molecular weight excluding hydrogens is 472 g/mol. The van der Waals surface area contributed by atoms with Gasteiger partial charge in [-0.3, -0.25) is 9.59 Å². The fraction of sp³-hybridized carbons (Fsp3) is 0.882. The molecule has 4 nitrogen and oxygen atoms in total. The van der Waals surface area contributed by atoms with Crippen molar-refractivity contribution in [3.63, 3.8) is 0 Å². The first-order valence-electron chi connectivity index (χ1n) is 15.6. The van der Waals surface area contributed by atoms with Crippen molar-refractivity contribution in [2.45, 2.75) is 126 Å². The molecule has 10 atom stereocenters. The number of esters is 2. The molecule has 5 rings (SSSR count). The molecule has 4 saturated carbocycles. The van der Waals surface area contributed by atoms with Gasteiger partial charge in [-0.25, -0.2) is 0 Å². The average Bonchev–Trinajstić information content (AvgIpc) is 2.82. The van der Waals surface area contributed by atoms with E-state index in [4.69, 9.17) is 9.47 Å². The molecule has 2 unspecified atom stereocenters. The lowest BCUT2D eigenvalue weighted by molar-refractivity contribution is -0.214. The molecule has 38 heavy (non-hydrogen) atoms. The van der Waals surface area contributed by atoms with Crippen LogP contribution < -0.4 is 0 Å². The lowest BCUT2D eigenvalue weighted by atomic mass is 9.33. The first kappa shape index (κ1) is 28.2. The number of carbonyl (C=O) groups excluding carboxylic acids is 2. The molecule has 0 saturated heterocycles. The second kappa shape index (κ2) is 9.10. The van der Waals surface area contributed by atoms with Crippen LogP contribution in [0, 0.1) is 56.7 Å². The number of rotatable bonds is 3. The van der Waals surface area contributed by atoms with E-state index < -0.39 is 0 Å². The molecular formula is C34H54O4. The van der Waals surface area contributed by atoms with Crippen molar-refractivity contribution in [3.05, 3.63) is 11.6 Å². The fourth-order valence-electron chi connectivity index (χ4n) is 11.5. The number of ether oxygens (including phenoxy) is 2. The van der Waals surface area contributed by atoms with Crippen LogP contribution in [-0.4, -0.2) is 24.6 Å². The Kier molecular flexibility index (Phi) is 6.76. The van der Waals surface area contributed by atoms with Crippen LogP contribution in [0.3, 0.4) is 0 Å². The van der Waals surface area contributed by atoms with Crippen molar-refractivity contribution in [2.24, 2.45) is 56.7 Å². The maximum absolute atomic E-state index is 11.9. The van der Waals surface area contributed by atoms with E-state index in [1.54, 1.807) is 19.4 Å². The van der Waals surface area contributed by atoms with Gasteiger partial charge in [0.25, 0.3) is 0 Å². The maximum Gasteiger partial charge on any atom is 0.302 e. The van der Waals surface area contributed by atoms with E-state index in [0.29, 0.717) is 36.2 Å². The van der Waals surface area contributed by atoms with E-state index in [0.717, 1.165) is 25.7 Å². The van der Waals surface area contributed by atoms with Crippen molar-refractivity contribution >= 4 is 11.9 Å². The van der Waals surface area contributed by atoms with Crippen LogP contribution in [0.15, 0.2) is 11.6 Å². The molecule has 0 aromatic rings. The molecule has 5 aliphatic carbocycles. The van der Waals surface area contributed by atoms with Gasteiger partial charge in [-0.2, -0.15) is 0 Å². The largest absolute Gasteiger partial charge is 0.465 e. The summed E-state index contributed by atoms with van der Waals surface area (Å²) in [6.45, 7) is 21.2. The zero-order chi connectivity index (χ0) is 27.9. The summed E-state index contributed by atoms with van der Waals surface area (Å²) in [5, 5.41) is 0. The summed E-state index contributed by atoms with van der Waals surface area (Å²) in [5.41, 5.74) is 2.47. The minimum Gasteiger partial charge on any atom is -0.465 e. The molecule has 0 aliphatic heterocycles. The molecule has 5 aliphatic rings. The second-order valence-electron chi connectivity index (χ2n) is 15.7. The summed E-state index contributed by atoms with van der Waals surface area (Å²) >= 11 is 0. The molecule has 0 radical (unpaired) electrons.